The zero-order valence-electron chi connectivity index (χ0n) is 13.1. The molecule has 0 atom stereocenters. The summed E-state index contributed by atoms with van der Waals surface area (Å²) < 4.78 is 78.4. The molecule has 0 saturated heterocycles. The summed E-state index contributed by atoms with van der Waals surface area (Å²) in [7, 11) is 0. The van der Waals surface area contributed by atoms with Gasteiger partial charge in [-0.2, -0.15) is 26.3 Å². The lowest BCUT2D eigenvalue weighted by Gasteiger charge is -2.42. The highest BCUT2D eigenvalue weighted by molar-refractivity contribution is 5.29. The van der Waals surface area contributed by atoms with Gasteiger partial charge in [0.2, 0.25) is 0 Å². The monoisotopic (exact) mass is 338 g/mol. The van der Waals surface area contributed by atoms with Crippen molar-refractivity contribution in [3.05, 3.63) is 35.4 Å². The van der Waals surface area contributed by atoms with Crippen molar-refractivity contribution in [1.29, 1.82) is 0 Å². The van der Waals surface area contributed by atoms with Gasteiger partial charge in [-0.25, -0.2) is 0 Å². The second-order valence-electron chi connectivity index (χ2n) is 6.68. The number of hydrogen-bond donors (Lipinski definition) is 0. The van der Waals surface area contributed by atoms with Crippen LogP contribution in [0.2, 0.25) is 0 Å². The summed E-state index contributed by atoms with van der Waals surface area (Å²) in [4.78, 5) is 0. The molecule has 0 N–H and O–H groups in total. The van der Waals surface area contributed by atoms with Gasteiger partial charge in [0.05, 0.1) is 0 Å². The van der Waals surface area contributed by atoms with Crippen molar-refractivity contribution in [3.63, 3.8) is 0 Å². The molecule has 2 rings (SSSR count). The van der Waals surface area contributed by atoms with Crippen molar-refractivity contribution in [2.24, 2.45) is 5.41 Å². The zero-order valence-corrected chi connectivity index (χ0v) is 13.1. The predicted octanol–water partition coefficient (Wildman–Crippen LogP) is 6.58. The summed E-state index contributed by atoms with van der Waals surface area (Å²) in [5.41, 5.74) is -1.66. The van der Waals surface area contributed by atoms with E-state index < -0.39 is 30.6 Å². The molecule has 1 aliphatic carbocycles. The molecule has 0 unspecified atom stereocenters. The van der Waals surface area contributed by atoms with Gasteiger partial charge in [0.15, 0.2) is 5.41 Å². The molecule has 1 aliphatic rings. The molecule has 130 valence electrons. The van der Waals surface area contributed by atoms with Crippen molar-refractivity contribution in [1.82, 2.24) is 0 Å². The highest BCUT2D eigenvalue weighted by Gasteiger charge is 2.70. The molecule has 0 spiro atoms. The Labute approximate surface area is 131 Å². The minimum Gasteiger partial charge on any atom is -0.170 e. The molecule has 0 aromatic heterocycles. The van der Waals surface area contributed by atoms with E-state index in [1.165, 1.54) is 0 Å². The van der Waals surface area contributed by atoms with E-state index in [-0.39, 0.29) is 24.7 Å². The summed E-state index contributed by atoms with van der Waals surface area (Å²) in [5.74, 6) is 0.0227. The molecular weight excluding hydrogens is 318 g/mol. The Morgan fingerprint density at radius 3 is 1.91 bits per heavy atom. The molecule has 0 amide bonds. The van der Waals surface area contributed by atoms with Gasteiger partial charge >= 0.3 is 12.4 Å². The van der Waals surface area contributed by atoms with Gasteiger partial charge in [0.1, 0.15) is 0 Å². The SMILES string of the molecule is CC(C)c1cccc(C2CCC(C(F)(F)F)(C(F)(F)F)CC2)c1. The van der Waals surface area contributed by atoms with Crippen molar-refractivity contribution < 1.29 is 26.3 Å². The Morgan fingerprint density at radius 1 is 0.957 bits per heavy atom. The third-order valence-corrected chi connectivity index (χ3v) is 4.97. The Bertz CT molecular complexity index is 517. The summed E-state index contributed by atoms with van der Waals surface area (Å²) >= 11 is 0. The maximum Gasteiger partial charge on any atom is 0.403 e. The highest BCUT2D eigenvalue weighted by atomic mass is 19.4. The average molecular weight is 338 g/mol. The first-order valence-corrected chi connectivity index (χ1v) is 7.71. The Morgan fingerprint density at radius 2 is 1.48 bits per heavy atom. The van der Waals surface area contributed by atoms with E-state index in [9.17, 15) is 26.3 Å². The van der Waals surface area contributed by atoms with E-state index in [0.29, 0.717) is 0 Å². The van der Waals surface area contributed by atoms with E-state index in [0.717, 1.165) is 11.1 Å². The van der Waals surface area contributed by atoms with Crippen LogP contribution < -0.4 is 0 Å². The third-order valence-electron chi connectivity index (χ3n) is 4.97. The number of alkyl halides is 6. The van der Waals surface area contributed by atoms with Crippen molar-refractivity contribution in [3.8, 4) is 0 Å². The summed E-state index contributed by atoms with van der Waals surface area (Å²) in [6, 6.07) is 7.45. The van der Waals surface area contributed by atoms with Crippen molar-refractivity contribution >= 4 is 0 Å². The standard InChI is InChI=1S/C17H20F6/c1-11(2)13-4-3-5-14(10-13)12-6-8-15(9-7-12,16(18,19)20)17(21,22)23/h3-5,10-12H,6-9H2,1-2H3. The maximum absolute atomic E-state index is 13.1. The number of benzene rings is 1. The Hall–Kier alpha value is -1.20. The number of halogens is 6. The smallest absolute Gasteiger partial charge is 0.170 e. The molecule has 0 aliphatic heterocycles. The fraction of sp³-hybridized carbons (Fsp3) is 0.647. The molecule has 0 bridgehead atoms. The molecule has 1 aromatic carbocycles. The number of hydrogen-bond acceptors (Lipinski definition) is 0. The quantitative estimate of drug-likeness (QED) is 0.534. The highest BCUT2D eigenvalue weighted by Crippen LogP contribution is 2.60. The van der Waals surface area contributed by atoms with Gasteiger partial charge in [0, 0.05) is 0 Å². The molecule has 0 nitrogen and oxygen atoms in total. The predicted molar refractivity (Wildman–Crippen MR) is 76.3 cm³/mol. The van der Waals surface area contributed by atoms with Gasteiger partial charge in [-0.05, 0) is 48.6 Å². The van der Waals surface area contributed by atoms with E-state index in [1.54, 1.807) is 6.07 Å². The van der Waals surface area contributed by atoms with Crippen LogP contribution in [-0.4, -0.2) is 12.4 Å². The largest absolute Gasteiger partial charge is 0.403 e. The fourth-order valence-corrected chi connectivity index (χ4v) is 3.34. The lowest BCUT2D eigenvalue weighted by molar-refractivity contribution is -0.350. The first-order valence-electron chi connectivity index (χ1n) is 7.71. The molecule has 0 heterocycles. The van der Waals surface area contributed by atoms with Crippen LogP contribution in [0.1, 0.15) is 62.5 Å². The summed E-state index contributed by atoms with van der Waals surface area (Å²) in [5, 5.41) is 0. The topological polar surface area (TPSA) is 0 Å². The van der Waals surface area contributed by atoms with Gasteiger partial charge in [-0.3, -0.25) is 0 Å². The summed E-state index contributed by atoms with van der Waals surface area (Å²) in [6.45, 7) is 4.00. The lowest BCUT2D eigenvalue weighted by Crippen LogP contribution is -2.51. The van der Waals surface area contributed by atoms with Crippen molar-refractivity contribution in [2.75, 3.05) is 0 Å². The molecule has 1 fully saturated rings. The first kappa shape index (κ1) is 18.1. The van der Waals surface area contributed by atoms with E-state index in [1.807, 2.05) is 32.0 Å². The molecule has 23 heavy (non-hydrogen) atoms. The van der Waals surface area contributed by atoms with Crippen LogP contribution in [0.4, 0.5) is 26.3 Å². The van der Waals surface area contributed by atoms with Crippen LogP contribution in [0, 0.1) is 5.41 Å². The normalized spacial score (nSPS) is 20.0. The van der Waals surface area contributed by atoms with Gasteiger partial charge in [-0.15, -0.1) is 0 Å². The second kappa shape index (κ2) is 6.02. The van der Waals surface area contributed by atoms with E-state index >= 15 is 0 Å². The van der Waals surface area contributed by atoms with Crippen LogP contribution >= 0.6 is 0 Å². The Balaban J connectivity index is 2.21. The van der Waals surface area contributed by atoms with Crippen LogP contribution in [0.15, 0.2) is 24.3 Å². The minimum atomic E-state index is -5.25. The summed E-state index contributed by atoms with van der Waals surface area (Å²) in [6.07, 6.45) is -12.5. The number of rotatable bonds is 2. The van der Waals surface area contributed by atoms with E-state index in [4.69, 9.17) is 0 Å². The van der Waals surface area contributed by atoms with Crippen LogP contribution in [0.5, 0.6) is 0 Å². The van der Waals surface area contributed by atoms with Crippen LogP contribution in [0.3, 0.4) is 0 Å². The molecule has 1 saturated carbocycles. The molecule has 6 heteroatoms. The Kier molecular flexibility index (Phi) is 4.75. The second-order valence-corrected chi connectivity index (χ2v) is 6.68. The van der Waals surface area contributed by atoms with Crippen LogP contribution in [-0.2, 0) is 0 Å². The van der Waals surface area contributed by atoms with Crippen molar-refractivity contribution in [2.45, 2.75) is 63.7 Å². The zero-order chi connectivity index (χ0) is 17.5. The average Bonchev–Trinajstić information content (AvgIpc) is 2.45. The molecule has 1 aromatic rings. The van der Waals surface area contributed by atoms with Gasteiger partial charge in [0.25, 0.3) is 0 Å². The molecule has 0 radical (unpaired) electrons. The lowest BCUT2D eigenvalue weighted by atomic mass is 9.67. The third kappa shape index (κ3) is 3.36. The fourth-order valence-electron chi connectivity index (χ4n) is 3.34. The van der Waals surface area contributed by atoms with E-state index in [2.05, 4.69) is 0 Å². The van der Waals surface area contributed by atoms with Crippen LogP contribution in [0.25, 0.3) is 0 Å². The van der Waals surface area contributed by atoms with Gasteiger partial charge in [-0.1, -0.05) is 38.1 Å². The maximum atomic E-state index is 13.1. The van der Waals surface area contributed by atoms with Gasteiger partial charge < -0.3 is 0 Å². The molecular formula is C17H20F6. The first-order chi connectivity index (χ1) is 10.5. The minimum absolute atomic E-state index is 0.0967.